The van der Waals surface area contributed by atoms with E-state index in [1.165, 1.54) is 0 Å². The zero-order valence-electron chi connectivity index (χ0n) is 28.3. The Labute approximate surface area is 269 Å². The second-order valence-corrected chi connectivity index (χ2v) is 19.7. The molecule has 2 N–H and O–H groups in total. The van der Waals surface area contributed by atoms with Gasteiger partial charge in [-0.15, -0.1) is 0 Å². The maximum atomic E-state index is 13.3. The van der Waals surface area contributed by atoms with E-state index in [0.717, 1.165) is 11.1 Å². The molecule has 242 valence electrons. The number of benzene rings is 1. The van der Waals surface area contributed by atoms with Crippen molar-refractivity contribution in [3.63, 3.8) is 0 Å². The number of pyridine rings is 2. The highest BCUT2D eigenvalue weighted by molar-refractivity contribution is 6.74. The maximum absolute atomic E-state index is 13.3. The summed E-state index contributed by atoms with van der Waals surface area (Å²) in [5.41, 5.74) is 2.06. The molecule has 0 spiro atoms. The minimum Gasteiger partial charge on any atom is -0.465 e. The van der Waals surface area contributed by atoms with Crippen LogP contribution in [0.25, 0.3) is 0 Å². The SMILES string of the molecule is C[C@@H](C(=O)Nc1ccc(C[C@@H]2CC[C@]([C@H](O[Si](C)(C)C(C)(C)C)c3cccnc3)(C(C)(C)C)N2C(=O)O)cc1)c1ccccn1. The van der Waals surface area contributed by atoms with Crippen LogP contribution in [0.5, 0.6) is 0 Å². The van der Waals surface area contributed by atoms with Crippen LogP contribution in [-0.2, 0) is 15.6 Å². The van der Waals surface area contributed by atoms with Crippen LogP contribution in [0.4, 0.5) is 10.5 Å². The van der Waals surface area contributed by atoms with E-state index < -0.39 is 31.5 Å². The van der Waals surface area contributed by atoms with Crippen molar-refractivity contribution in [3.8, 4) is 0 Å². The molecule has 1 aliphatic rings. The third-order valence-corrected chi connectivity index (χ3v) is 14.5. The highest BCUT2D eigenvalue weighted by atomic mass is 28.4. The smallest absolute Gasteiger partial charge is 0.408 e. The summed E-state index contributed by atoms with van der Waals surface area (Å²) in [6.07, 6.45) is 5.78. The average molecular weight is 631 g/mol. The number of rotatable bonds is 9. The normalized spacial score (nSPS) is 20.5. The Morgan fingerprint density at radius 3 is 2.27 bits per heavy atom. The first-order valence-electron chi connectivity index (χ1n) is 15.9. The van der Waals surface area contributed by atoms with Gasteiger partial charge in [0.15, 0.2) is 8.32 Å². The molecule has 1 saturated heterocycles. The largest absolute Gasteiger partial charge is 0.465 e. The summed E-state index contributed by atoms with van der Waals surface area (Å²) in [4.78, 5) is 36.6. The van der Waals surface area contributed by atoms with Crippen LogP contribution < -0.4 is 5.32 Å². The van der Waals surface area contributed by atoms with Gasteiger partial charge in [-0.3, -0.25) is 19.7 Å². The minimum atomic E-state index is -2.34. The van der Waals surface area contributed by atoms with Gasteiger partial charge < -0.3 is 14.8 Å². The number of likely N-dealkylation sites (tertiary alicyclic amines) is 1. The zero-order valence-corrected chi connectivity index (χ0v) is 29.3. The van der Waals surface area contributed by atoms with Gasteiger partial charge in [0.05, 0.1) is 23.3 Å². The molecule has 3 heterocycles. The second-order valence-electron chi connectivity index (χ2n) is 14.9. The summed E-state index contributed by atoms with van der Waals surface area (Å²) < 4.78 is 7.23. The molecule has 4 rings (SSSR count). The van der Waals surface area contributed by atoms with Gasteiger partial charge in [0.2, 0.25) is 5.91 Å². The second kappa shape index (κ2) is 13.0. The van der Waals surface area contributed by atoms with Crippen molar-refractivity contribution in [1.82, 2.24) is 14.9 Å². The Morgan fingerprint density at radius 1 is 1.04 bits per heavy atom. The van der Waals surface area contributed by atoms with Gasteiger partial charge in [-0.25, -0.2) is 4.79 Å². The van der Waals surface area contributed by atoms with Crippen LogP contribution in [0.2, 0.25) is 18.1 Å². The number of anilines is 1. The monoisotopic (exact) mass is 630 g/mol. The van der Waals surface area contributed by atoms with Crippen LogP contribution in [0.15, 0.2) is 73.2 Å². The van der Waals surface area contributed by atoms with E-state index in [0.29, 0.717) is 30.6 Å². The van der Waals surface area contributed by atoms with Crippen LogP contribution in [-0.4, -0.2) is 51.9 Å². The van der Waals surface area contributed by atoms with Crippen molar-refractivity contribution < 1.29 is 19.1 Å². The van der Waals surface area contributed by atoms with Crippen LogP contribution >= 0.6 is 0 Å². The lowest BCUT2D eigenvalue weighted by Crippen LogP contribution is -2.63. The van der Waals surface area contributed by atoms with E-state index in [-0.39, 0.29) is 22.9 Å². The first kappa shape index (κ1) is 34.3. The Morgan fingerprint density at radius 2 is 1.73 bits per heavy atom. The lowest BCUT2D eigenvalue weighted by Gasteiger charge is -2.55. The van der Waals surface area contributed by atoms with Gasteiger partial charge >= 0.3 is 6.09 Å². The number of carbonyl (C=O) groups is 2. The molecule has 2 amide bonds. The Bertz CT molecular complexity index is 1450. The zero-order chi connectivity index (χ0) is 33.2. The van der Waals surface area contributed by atoms with E-state index in [1.807, 2.05) is 67.7 Å². The highest BCUT2D eigenvalue weighted by Crippen LogP contribution is 2.56. The minimum absolute atomic E-state index is 0.0643. The van der Waals surface area contributed by atoms with Gasteiger partial charge in [-0.2, -0.15) is 0 Å². The average Bonchev–Trinajstić information content (AvgIpc) is 3.37. The topological polar surface area (TPSA) is 105 Å². The van der Waals surface area contributed by atoms with Gasteiger partial charge in [0.1, 0.15) is 0 Å². The molecule has 1 aliphatic heterocycles. The Balaban J connectivity index is 1.64. The van der Waals surface area contributed by atoms with Crippen molar-refractivity contribution in [2.75, 3.05) is 5.32 Å². The molecule has 4 atom stereocenters. The number of amides is 2. The standard InChI is InChI=1S/C36H50N4O4Si/c1-25(30-14-10-11-22-38-30)32(41)39-28-17-15-26(16-18-28)23-29-19-20-36(34(2,3)4,40(29)33(42)43)31(27-13-12-21-37-24-27)44-45(8,9)35(5,6)7/h10-18,21-22,24-25,29,31H,19-20,23H2,1-9H3,(H,39,41)(H,42,43)/t25-,29+,31-,36+/m1/s1. The summed E-state index contributed by atoms with van der Waals surface area (Å²) in [6, 6.07) is 16.9. The molecule has 0 aliphatic carbocycles. The van der Waals surface area contributed by atoms with E-state index in [9.17, 15) is 14.7 Å². The molecule has 0 bridgehead atoms. The predicted octanol–water partition coefficient (Wildman–Crippen LogP) is 8.45. The van der Waals surface area contributed by atoms with Gasteiger partial charge in [0.25, 0.3) is 0 Å². The molecule has 9 heteroatoms. The molecule has 0 unspecified atom stereocenters. The molecular formula is C36H50N4O4Si. The number of nitrogens with one attached hydrogen (secondary N) is 1. The number of hydrogen-bond acceptors (Lipinski definition) is 5. The number of carbonyl (C=O) groups excluding carboxylic acids is 1. The fourth-order valence-electron chi connectivity index (χ4n) is 6.33. The van der Waals surface area contributed by atoms with Crippen molar-refractivity contribution in [3.05, 3.63) is 90.0 Å². The fraction of sp³-hybridized carbons (Fsp3) is 0.500. The van der Waals surface area contributed by atoms with Gasteiger partial charge in [-0.1, -0.05) is 65.8 Å². The van der Waals surface area contributed by atoms with Crippen LogP contribution in [0, 0.1) is 5.41 Å². The molecule has 0 saturated carbocycles. The van der Waals surface area contributed by atoms with Crippen LogP contribution in [0.1, 0.15) is 90.2 Å². The summed E-state index contributed by atoms with van der Waals surface area (Å²) >= 11 is 0. The number of aromatic nitrogens is 2. The van der Waals surface area contributed by atoms with E-state index in [2.05, 4.69) is 69.9 Å². The molecule has 8 nitrogen and oxygen atoms in total. The summed E-state index contributed by atoms with van der Waals surface area (Å²) in [6.45, 7) is 19.3. The fourth-order valence-corrected chi connectivity index (χ4v) is 7.60. The first-order valence-corrected chi connectivity index (χ1v) is 18.8. The highest BCUT2D eigenvalue weighted by Gasteiger charge is 2.61. The summed E-state index contributed by atoms with van der Waals surface area (Å²) in [5.74, 6) is -0.521. The van der Waals surface area contributed by atoms with Crippen molar-refractivity contribution >= 4 is 26.0 Å². The quantitative estimate of drug-likeness (QED) is 0.230. The maximum Gasteiger partial charge on any atom is 0.408 e. The Hall–Kier alpha value is -3.56. The summed E-state index contributed by atoms with van der Waals surface area (Å²) in [5, 5.41) is 13.8. The third-order valence-electron chi connectivity index (χ3n) is 10.0. The Kier molecular flexibility index (Phi) is 9.95. The number of nitrogens with zero attached hydrogens (tertiary/aromatic N) is 3. The lowest BCUT2D eigenvalue weighted by atomic mass is 9.67. The predicted molar refractivity (Wildman–Crippen MR) is 182 cm³/mol. The van der Waals surface area contributed by atoms with Crippen LogP contribution in [0.3, 0.4) is 0 Å². The molecule has 2 aromatic heterocycles. The van der Waals surface area contributed by atoms with Gasteiger partial charge in [-0.05, 0) is 85.6 Å². The van der Waals surface area contributed by atoms with Crippen molar-refractivity contribution in [2.45, 2.75) is 109 Å². The van der Waals surface area contributed by atoms with E-state index in [4.69, 9.17) is 4.43 Å². The molecule has 3 aromatic rings. The molecule has 1 aromatic carbocycles. The van der Waals surface area contributed by atoms with Crippen molar-refractivity contribution in [1.29, 1.82) is 0 Å². The van der Waals surface area contributed by atoms with E-state index in [1.54, 1.807) is 17.3 Å². The van der Waals surface area contributed by atoms with Gasteiger partial charge in [0, 0.05) is 35.9 Å². The molecule has 1 fully saturated rings. The molecular weight excluding hydrogens is 581 g/mol. The molecule has 45 heavy (non-hydrogen) atoms. The number of hydrogen-bond donors (Lipinski definition) is 2. The van der Waals surface area contributed by atoms with E-state index >= 15 is 0 Å². The first-order chi connectivity index (χ1) is 21.0. The number of carboxylic acid groups (broad SMARTS) is 1. The third kappa shape index (κ3) is 7.15. The summed E-state index contributed by atoms with van der Waals surface area (Å²) in [7, 11) is -2.34. The lowest BCUT2D eigenvalue weighted by molar-refractivity contribution is -0.117. The van der Waals surface area contributed by atoms with Crippen molar-refractivity contribution in [2.24, 2.45) is 5.41 Å². The molecule has 0 radical (unpaired) electrons.